The molecule has 0 saturated heterocycles. The summed E-state index contributed by atoms with van der Waals surface area (Å²) in [5.74, 6) is 1.64. The van der Waals surface area contributed by atoms with E-state index >= 15 is 0 Å². The number of aliphatic hydroxyl groups excluding tert-OH is 1. The molecule has 2 atom stereocenters. The van der Waals surface area contributed by atoms with Gasteiger partial charge in [0, 0.05) is 19.1 Å². The molecule has 0 spiro atoms. The minimum atomic E-state index is 0.0728. The van der Waals surface area contributed by atoms with E-state index in [9.17, 15) is 4.79 Å². The zero-order valence-corrected chi connectivity index (χ0v) is 12.8. The Balaban J connectivity index is 1.85. The van der Waals surface area contributed by atoms with Crippen molar-refractivity contribution in [2.75, 3.05) is 13.7 Å². The first-order valence-corrected chi connectivity index (χ1v) is 7.68. The SMILES string of the molecule is COc1ccc(C(C)CC(=O)NC(CCO)C2CC2)cc1. The van der Waals surface area contributed by atoms with Crippen LogP contribution in [0.5, 0.6) is 5.75 Å². The van der Waals surface area contributed by atoms with Crippen LogP contribution < -0.4 is 10.1 Å². The summed E-state index contributed by atoms with van der Waals surface area (Å²) in [6, 6.07) is 7.99. The second-order valence-corrected chi connectivity index (χ2v) is 5.90. The fourth-order valence-electron chi connectivity index (χ4n) is 2.66. The number of aliphatic hydroxyl groups is 1. The summed E-state index contributed by atoms with van der Waals surface area (Å²) in [6.45, 7) is 2.19. The Bertz CT molecular complexity index is 454. The van der Waals surface area contributed by atoms with Crippen LogP contribution in [-0.2, 0) is 4.79 Å². The normalized spacial score (nSPS) is 17.1. The third-order valence-electron chi connectivity index (χ3n) is 4.15. The fourth-order valence-corrected chi connectivity index (χ4v) is 2.66. The average Bonchev–Trinajstić information content (AvgIpc) is 3.31. The van der Waals surface area contributed by atoms with Gasteiger partial charge >= 0.3 is 0 Å². The van der Waals surface area contributed by atoms with Crippen LogP contribution in [0.4, 0.5) is 0 Å². The Hall–Kier alpha value is -1.55. The van der Waals surface area contributed by atoms with Crippen molar-refractivity contribution in [2.24, 2.45) is 5.92 Å². The zero-order chi connectivity index (χ0) is 15.2. The molecule has 1 aliphatic carbocycles. The van der Waals surface area contributed by atoms with Gasteiger partial charge in [-0.3, -0.25) is 4.79 Å². The van der Waals surface area contributed by atoms with E-state index in [0.717, 1.165) is 11.3 Å². The molecule has 2 N–H and O–H groups in total. The van der Waals surface area contributed by atoms with Gasteiger partial charge in [-0.05, 0) is 48.8 Å². The lowest BCUT2D eigenvalue weighted by Gasteiger charge is -2.19. The van der Waals surface area contributed by atoms with Gasteiger partial charge in [0.1, 0.15) is 5.75 Å². The van der Waals surface area contributed by atoms with Crippen LogP contribution in [0.15, 0.2) is 24.3 Å². The van der Waals surface area contributed by atoms with Gasteiger partial charge in [-0.2, -0.15) is 0 Å². The maximum Gasteiger partial charge on any atom is 0.220 e. The van der Waals surface area contributed by atoms with E-state index in [1.165, 1.54) is 12.8 Å². The molecule has 1 aromatic rings. The maximum absolute atomic E-state index is 12.1. The van der Waals surface area contributed by atoms with Gasteiger partial charge in [-0.25, -0.2) is 0 Å². The Morgan fingerprint density at radius 1 is 1.38 bits per heavy atom. The quantitative estimate of drug-likeness (QED) is 0.773. The van der Waals surface area contributed by atoms with Gasteiger partial charge in [0.15, 0.2) is 0 Å². The number of benzene rings is 1. The van der Waals surface area contributed by atoms with Gasteiger partial charge in [-0.1, -0.05) is 19.1 Å². The van der Waals surface area contributed by atoms with Crippen molar-refractivity contribution >= 4 is 5.91 Å². The lowest BCUT2D eigenvalue weighted by molar-refractivity contribution is -0.122. The van der Waals surface area contributed by atoms with Crippen LogP contribution in [0.1, 0.15) is 44.1 Å². The second kappa shape index (κ2) is 7.46. The summed E-state index contributed by atoms with van der Waals surface area (Å²) in [7, 11) is 1.64. The summed E-state index contributed by atoms with van der Waals surface area (Å²) in [5.41, 5.74) is 1.14. The highest BCUT2D eigenvalue weighted by molar-refractivity contribution is 5.77. The number of hydrogen-bond acceptors (Lipinski definition) is 3. The number of carbonyl (C=O) groups excluding carboxylic acids is 1. The van der Waals surface area contributed by atoms with E-state index in [0.29, 0.717) is 18.8 Å². The topological polar surface area (TPSA) is 58.6 Å². The molecule has 0 aromatic heterocycles. The molecule has 21 heavy (non-hydrogen) atoms. The number of carbonyl (C=O) groups is 1. The van der Waals surface area contributed by atoms with Crippen molar-refractivity contribution in [2.45, 2.75) is 44.6 Å². The number of nitrogens with one attached hydrogen (secondary N) is 1. The second-order valence-electron chi connectivity index (χ2n) is 5.90. The van der Waals surface area contributed by atoms with Crippen LogP contribution >= 0.6 is 0 Å². The minimum absolute atomic E-state index is 0.0728. The van der Waals surface area contributed by atoms with Crippen molar-refractivity contribution in [3.8, 4) is 5.75 Å². The van der Waals surface area contributed by atoms with Gasteiger partial charge in [0.05, 0.1) is 7.11 Å². The molecular formula is C17H25NO3. The van der Waals surface area contributed by atoms with Crippen molar-refractivity contribution in [3.63, 3.8) is 0 Å². The van der Waals surface area contributed by atoms with Crippen LogP contribution in [0.2, 0.25) is 0 Å². The van der Waals surface area contributed by atoms with Crippen LogP contribution in [0.3, 0.4) is 0 Å². The third kappa shape index (κ3) is 4.74. The van der Waals surface area contributed by atoms with E-state index in [1.807, 2.05) is 24.3 Å². The molecule has 2 rings (SSSR count). The number of rotatable bonds is 8. The van der Waals surface area contributed by atoms with Crippen LogP contribution in [-0.4, -0.2) is 30.8 Å². The highest BCUT2D eigenvalue weighted by Gasteiger charge is 2.31. The highest BCUT2D eigenvalue weighted by Crippen LogP contribution is 2.34. The van der Waals surface area contributed by atoms with Crippen molar-refractivity contribution in [1.29, 1.82) is 0 Å². The summed E-state index contributed by atoms with van der Waals surface area (Å²) >= 11 is 0. The van der Waals surface area contributed by atoms with Gasteiger partial charge in [0.2, 0.25) is 5.91 Å². The lowest BCUT2D eigenvalue weighted by atomic mass is 9.97. The summed E-state index contributed by atoms with van der Waals surface area (Å²) in [5, 5.41) is 12.2. The molecule has 1 aliphatic rings. The molecule has 2 unspecified atom stereocenters. The smallest absolute Gasteiger partial charge is 0.220 e. The Kier molecular flexibility index (Phi) is 5.62. The van der Waals surface area contributed by atoms with Crippen molar-refractivity contribution in [1.82, 2.24) is 5.32 Å². The molecule has 4 nitrogen and oxygen atoms in total. The maximum atomic E-state index is 12.1. The van der Waals surface area contributed by atoms with E-state index in [-0.39, 0.29) is 24.5 Å². The Labute approximate surface area is 126 Å². The molecule has 0 aliphatic heterocycles. The molecule has 0 radical (unpaired) electrons. The number of hydrogen-bond donors (Lipinski definition) is 2. The molecule has 1 amide bonds. The van der Waals surface area contributed by atoms with E-state index in [4.69, 9.17) is 9.84 Å². The van der Waals surface area contributed by atoms with E-state index in [1.54, 1.807) is 7.11 Å². The van der Waals surface area contributed by atoms with E-state index in [2.05, 4.69) is 12.2 Å². The molecular weight excluding hydrogens is 266 g/mol. The largest absolute Gasteiger partial charge is 0.497 e. The van der Waals surface area contributed by atoms with Crippen LogP contribution in [0, 0.1) is 5.92 Å². The number of ether oxygens (including phenoxy) is 1. The van der Waals surface area contributed by atoms with Gasteiger partial charge in [-0.15, -0.1) is 0 Å². The Morgan fingerprint density at radius 2 is 2.05 bits per heavy atom. The molecule has 1 aromatic carbocycles. The zero-order valence-electron chi connectivity index (χ0n) is 12.8. The highest BCUT2D eigenvalue weighted by atomic mass is 16.5. The minimum Gasteiger partial charge on any atom is -0.497 e. The monoisotopic (exact) mass is 291 g/mol. The Morgan fingerprint density at radius 3 is 2.57 bits per heavy atom. The first-order valence-electron chi connectivity index (χ1n) is 7.68. The number of amides is 1. The first kappa shape index (κ1) is 15.8. The van der Waals surface area contributed by atoms with Gasteiger partial charge < -0.3 is 15.2 Å². The van der Waals surface area contributed by atoms with E-state index < -0.39 is 0 Å². The predicted molar refractivity (Wildman–Crippen MR) is 82.4 cm³/mol. The molecule has 1 saturated carbocycles. The summed E-state index contributed by atoms with van der Waals surface area (Å²) in [4.78, 5) is 12.1. The average molecular weight is 291 g/mol. The summed E-state index contributed by atoms with van der Waals surface area (Å²) in [6.07, 6.45) is 3.46. The molecule has 1 fully saturated rings. The first-order chi connectivity index (χ1) is 10.1. The van der Waals surface area contributed by atoms with Crippen molar-refractivity contribution in [3.05, 3.63) is 29.8 Å². The molecule has 0 bridgehead atoms. The molecule has 4 heteroatoms. The van der Waals surface area contributed by atoms with Crippen molar-refractivity contribution < 1.29 is 14.6 Å². The predicted octanol–water partition coefficient (Wildman–Crippen LogP) is 2.47. The number of methoxy groups -OCH3 is 1. The third-order valence-corrected chi connectivity index (χ3v) is 4.15. The molecule has 0 heterocycles. The standard InChI is InChI=1S/C17H25NO3/c1-12(13-5-7-15(21-2)8-6-13)11-17(20)18-16(9-10-19)14-3-4-14/h5-8,12,14,16,19H,3-4,9-11H2,1-2H3,(H,18,20). The fraction of sp³-hybridized carbons (Fsp3) is 0.588. The van der Waals surface area contributed by atoms with Gasteiger partial charge in [0.25, 0.3) is 0 Å². The summed E-state index contributed by atoms with van der Waals surface area (Å²) < 4.78 is 5.14. The lowest BCUT2D eigenvalue weighted by Crippen LogP contribution is -2.37. The molecule has 116 valence electrons. The van der Waals surface area contributed by atoms with Crippen LogP contribution in [0.25, 0.3) is 0 Å².